The third kappa shape index (κ3) is 5.44. The highest BCUT2D eigenvalue weighted by atomic mass is 16.5. The Hall–Kier alpha value is -2.29. The van der Waals surface area contributed by atoms with Crippen LogP contribution in [-0.4, -0.2) is 17.6 Å². The van der Waals surface area contributed by atoms with E-state index in [9.17, 15) is 4.79 Å². The van der Waals surface area contributed by atoms with Gasteiger partial charge >= 0.3 is 0 Å². The number of carbonyl (C=O) groups excluding carboxylic acids is 1. The minimum absolute atomic E-state index is 0.105. The Bertz CT molecular complexity index is 632. The van der Waals surface area contributed by atoms with E-state index in [-0.39, 0.29) is 11.4 Å². The van der Waals surface area contributed by atoms with Crippen LogP contribution in [0.1, 0.15) is 31.9 Å². The molecule has 122 valence electrons. The molecule has 0 aliphatic rings. The Morgan fingerprint density at radius 3 is 2.30 bits per heavy atom. The quantitative estimate of drug-likeness (QED) is 0.878. The average Bonchev–Trinajstić information content (AvgIpc) is 2.49. The summed E-state index contributed by atoms with van der Waals surface area (Å²) in [6.45, 7) is 7.84. The topological polar surface area (TPSA) is 38.3 Å². The van der Waals surface area contributed by atoms with E-state index in [1.165, 1.54) is 11.1 Å². The lowest BCUT2D eigenvalue weighted by Gasteiger charge is -2.28. The molecule has 0 bridgehead atoms. The fourth-order valence-corrected chi connectivity index (χ4v) is 2.46. The van der Waals surface area contributed by atoms with Crippen molar-refractivity contribution in [1.82, 2.24) is 5.32 Å². The lowest BCUT2D eigenvalue weighted by molar-refractivity contribution is -0.128. The number of carbonyl (C=O) groups is 1. The molecule has 3 heteroatoms. The van der Waals surface area contributed by atoms with Crippen molar-refractivity contribution in [3.8, 4) is 5.75 Å². The third-order valence-electron chi connectivity index (χ3n) is 3.65. The van der Waals surface area contributed by atoms with Crippen molar-refractivity contribution in [3.63, 3.8) is 0 Å². The molecule has 0 aromatic heterocycles. The van der Waals surface area contributed by atoms with E-state index < -0.39 is 6.10 Å². The molecule has 0 fully saturated rings. The van der Waals surface area contributed by atoms with E-state index >= 15 is 0 Å². The molecule has 0 spiro atoms. The van der Waals surface area contributed by atoms with E-state index in [4.69, 9.17) is 4.74 Å². The Labute approximate surface area is 138 Å². The van der Waals surface area contributed by atoms with Gasteiger partial charge in [0.25, 0.3) is 5.91 Å². The first-order valence-electron chi connectivity index (χ1n) is 7.95. The molecule has 0 saturated carbocycles. The van der Waals surface area contributed by atoms with Crippen LogP contribution < -0.4 is 10.1 Å². The number of hydrogen-bond donors (Lipinski definition) is 1. The standard InChI is InChI=1S/C20H25NO2/c1-15-10-12-18(13-11-15)23-16(2)19(22)21-20(3,4)14-17-8-6-5-7-9-17/h5-13,16H,14H2,1-4H3,(H,21,22)/t16-/m1/s1. The van der Waals surface area contributed by atoms with Gasteiger partial charge < -0.3 is 10.1 Å². The van der Waals surface area contributed by atoms with Gasteiger partial charge in [-0.05, 0) is 51.8 Å². The molecule has 23 heavy (non-hydrogen) atoms. The number of aryl methyl sites for hydroxylation is 1. The smallest absolute Gasteiger partial charge is 0.261 e. The summed E-state index contributed by atoms with van der Waals surface area (Å²) in [5, 5.41) is 3.07. The van der Waals surface area contributed by atoms with Crippen LogP contribution in [0.5, 0.6) is 5.75 Å². The van der Waals surface area contributed by atoms with Gasteiger partial charge in [-0.2, -0.15) is 0 Å². The van der Waals surface area contributed by atoms with Gasteiger partial charge in [-0.15, -0.1) is 0 Å². The normalized spacial score (nSPS) is 12.5. The second-order valence-corrected chi connectivity index (χ2v) is 6.61. The lowest BCUT2D eigenvalue weighted by Crippen LogP contribution is -2.49. The van der Waals surface area contributed by atoms with E-state index in [1.807, 2.05) is 63.2 Å². The minimum atomic E-state index is -0.534. The highest BCUT2D eigenvalue weighted by Gasteiger charge is 2.24. The van der Waals surface area contributed by atoms with Gasteiger partial charge in [0, 0.05) is 5.54 Å². The molecule has 3 nitrogen and oxygen atoms in total. The zero-order chi connectivity index (χ0) is 16.9. The van der Waals surface area contributed by atoms with Gasteiger partial charge in [0.15, 0.2) is 6.10 Å². The summed E-state index contributed by atoms with van der Waals surface area (Å²) in [5.41, 5.74) is 2.03. The maximum atomic E-state index is 12.4. The molecule has 2 rings (SSSR count). The van der Waals surface area contributed by atoms with Gasteiger partial charge in [-0.3, -0.25) is 4.79 Å². The van der Waals surface area contributed by atoms with Crippen LogP contribution in [0.25, 0.3) is 0 Å². The molecular weight excluding hydrogens is 286 g/mol. The Kier molecular flexibility index (Phi) is 5.43. The van der Waals surface area contributed by atoms with Crippen molar-refractivity contribution in [2.24, 2.45) is 0 Å². The molecule has 1 amide bonds. The molecule has 0 unspecified atom stereocenters. The monoisotopic (exact) mass is 311 g/mol. The summed E-state index contributed by atoms with van der Waals surface area (Å²) in [7, 11) is 0. The molecule has 2 aromatic rings. The summed E-state index contributed by atoms with van der Waals surface area (Å²) in [6, 6.07) is 17.9. The largest absolute Gasteiger partial charge is 0.481 e. The maximum Gasteiger partial charge on any atom is 0.261 e. The van der Waals surface area contributed by atoms with Crippen molar-refractivity contribution in [2.75, 3.05) is 0 Å². The Balaban J connectivity index is 1.92. The number of nitrogens with one attached hydrogen (secondary N) is 1. The molecular formula is C20H25NO2. The van der Waals surface area contributed by atoms with Crippen molar-refractivity contribution < 1.29 is 9.53 Å². The van der Waals surface area contributed by atoms with Gasteiger partial charge in [0.2, 0.25) is 0 Å². The molecule has 0 heterocycles. The number of rotatable bonds is 6. The van der Waals surface area contributed by atoms with Gasteiger partial charge in [-0.1, -0.05) is 48.0 Å². The van der Waals surface area contributed by atoms with Crippen LogP contribution in [0.2, 0.25) is 0 Å². The number of ether oxygens (including phenoxy) is 1. The van der Waals surface area contributed by atoms with Gasteiger partial charge in [-0.25, -0.2) is 0 Å². The summed E-state index contributed by atoms with van der Waals surface area (Å²) < 4.78 is 5.72. The van der Waals surface area contributed by atoms with Crippen molar-refractivity contribution in [2.45, 2.75) is 45.8 Å². The summed E-state index contributed by atoms with van der Waals surface area (Å²) in [5.74, 6) is 0.602. The van der Waals surface area contributed by atoms with E-state index in [2.05, 4.69) is 17.4 Å². The van der Waals surface area contributed by atoms with E-state index in [1.54, 1.807) is 6.92 Å². The molecule has 1 N–H and O–H groups in total. The predicted molar refractivity (Wildman–Crippen MR) is 93.6 cm³/mol. The molecule has 0 saturated heterocycles. The van der Waals surface area contributed by atoms with Crippen LogP contribution >= 0.6 is 0 Å². The molecule has 0 radical (unpaired) electrons. The number of amides is 1. The van der Waals surface area contributed by atoms with Crippen molar-refractivity contribution >= 4 is 5.91 Å². The molecule has 1 atom stereocenters. The molecule has 0 aliphatic heterocycles. The fraction of sp³-hybridized carbons (Fsp3) is 0.350. The first kappa shape index (κ1) is 17.1. The Morgan fingerprint density at radius 1 is 1.09 bits per heavy atom. The second kappa shape index (κ2) is 7.32. The minimum Gasteiger partial charge on any atom is -0.481 e. The zero-order valence-corrected chi connectivity index (χ0v) is 14.3. The summed E-state index contributed by atoms with van der Waals surface area (Å²) in [6.07, 6.45) is 0.240. The number of benzene rings is 2. The first-order valence-corrected chi connectivity index (χ1v) is 7.95. The van der Waals surface area contributed by atoms with Crippen LogP contribution in [0.4, 0.5) is 0 Å². The SMILES string of the molecule is Cc1ccc(O[C@H](C)C(=O)NC(C)(C)Cc2ccccc2)cc1. The highest BCUT2D eigenvalue weighted by molar-refractivity contribution is 5.81. The Morgan fingerprint density at radius 2 is 1.70 bits per heavy atom. The van der Waals surface area contributed by atoms with E-state index in [0.29, 0.717) is 5.75 Å². The number of hydrogen-bond acceptors (Lipinski definition) is 2. The third-order valence-corrected chi connectivity index (χ3v) is 3.65. The molecule has 2 aromatic carbocycles. The van der Waals surface area contributed by atoms with Crippen LogP contribution in [0, 0.1) is 6.92 Å². The molecule has 0 aliphatic carbocycles. The lowest BCUT2D eigenvalue weighted by atomic mass is 9.94. The second-order valence-electron chi connectivity index (χ2n) is 6.61. The first-order chi connectivity index (χ1) is 10.9. The predicted octanol–water partition coefficient (Wildman–Crippen LogP) is 3.90. The summed E-state index contributed by atoms with van der Waals surface area (Å²) in [4.78, 5) is 12.4. The summed E-state index contributed by atoms with van der Waals surface area (Å²) >= 11 is 0. The van der Waals surface area contributed by atoms with Gasteiger partial charge in [0.1, 0.15) is 5.75 Å². The van der Waals surface area contributed by atoms with Crippen LogP contribution in [-0.2, 0) is 11.2 Å². The fourth-order valence-electron chi connectivity index (χ4n) is 2.46. The maximum absolute atomic E-state index is 12.4. The van der Waals surface area contributed by atoms with E-state index in [0.717, 1.165) is 6.42 Å². The van der Waals surface area contributed by atoms with Gasteiger partial charge in [0.05, 0.1) is 0 Å². The zero-order valence-electron chi connectivity index (χ0n) is 14.3. The highest BCUT2D eigenvalue weighted by Crippen LogP contribution is 2.15. The van der Waals surface area contributed by atoms with Crippen LogP contribution in [0.15, 0.2) is 54.6 Å². The van der Waals surface area contributed by atoms with Crippen molar-refractivity contribution in [3.05, 3.63) is 65.7 Å². The van der Waals surface area contributed by atoms with Crippen LogP contribution in [0.3, 0.4) is 0 Å². The van der Waals surface area contributed by atoms with Crippen molar-refractivity contribution in [1.29, 1.82) is 0 Å². The average molecular weight is 311 g/mol.